The summed E-state index contributed by atoms with van der Waals surface area (Å²) in [7, 11) is 4.05. The van der Waals surface area contributed by atoms with Crippen LogP contribution in [0.2, 0.25) is 0 Å². The number of rotatable bonds is 0. The van der Waals surface area contributed by atoms with E-state index < -0.39 is 40.3 Å². The van der Waals surface area contributed by atoms with Crippen LogP contribution in [0.1, 0.15) is 61.5 Å². The number of benzene rings is 2. The second kappa shape index (κ2) is 13.1. The Morgan fingerprint density at radius 2 is 1.34 bits per heavy atom. The third-order valence-electron chi connectivity index (χ3n) is 13.1. The summed E-state index contributed by atoms with van der Waals surface area (Å²) in [5.74, 6) is 1.49. The van der Waals surface area contributed by atoms with Gasteiger partial charge in [0.05, 0.1) is 16.9 Å². The van der Waals surface area contributed by atoms with Gasteiger partial charge in [0.1, 0.15) is 22.7 Å². The molecule has 274 valence electrons. The van der Waals surface area contributed by atoms with Crippen LogP contribution in [0.15, 0.2) is 36.4 Å². The number of carbonyl (C=O) groups is 2. The summed E-state index contributed by atoms with van der Waals surface area (Å²) in [6.45, 7) is 5.66. The maximum atomic E-state index is 12.7. The molecule has 50 heavy (non-hydrogen) atoms. The minimum atomic E-state index is -1.33. The largest absolute Gasteiger partial charge is 1.00 e. The van der Waals surface area contributed by atoms with Gasteiger partial charge in [-0.2, -0.15) is 0 Å². The van der Waals surface area contributed by atoms with E-state index in [1.807, 2.05) is 27.0 Å². The molecule has 10 rings (SSSR count). The van der Waals surface area contributed by atoms with Crippen molar-refractivity contribution in [3.05, 3.63) is 69.8 Å². The van der Waals surface area contributed by atoms with Crippen LogP contribution in [-0.4, -0.2) is 111 Å². The van der Waals surface area contributed by atoms with Gasteiger partial charge in [0.15, 0.2) is 23.8 Å². The molecule has 0 amide bonds. The molecule has 2 spiro atoms. The third kappa shape index (κ3) is 4.62. The van der Waals surface area contributed by atoms with Crippen LogP contribution in [-0.2, 0) is 33.3 Å². The van der Waals surface area contributed by atoms with E-state index in [0.29, 0.717) is 26.1 Å². The molecule has 4 heterocycles. The van der Waals surface area contributed by atoms with Crippen LogP contribution in [0.5, 0.6) is 11.5 Å². The Kier molecular flexibility index (Phi) is 10.2. The second-order valence-corrected chi connectivity index (χ2v) is 31.2. The van der Waals surface area contributed by atoms with Crippen LogP contribution >= 0.6 is 37.2 Å². The standard InChI is InChI=1S/C18H21NO4.C18H19NO3.CH4.I3.H2O/c1-9-3-4-10-7-12-18(22)13(21)8-11(20)16-17(18,5-6-19(12)2)14(10)15(9)23-16;1-10-3-4-11-9-13-18(21)6-5-12(20)16-17(18,7-8-19(13)2)14(11)15(10)22-16;;1-3-2;/h3-4,12-13,16,21-22H,5-8H2,1-2H3;3-6,13,16,21H,7-9H2,1-2H3;1H4;;1H2/q;;;-1;/p+1/t12-,13?,16+,17+,18+;13-,16+,17+,18-;;;/m11.../s1. The van der Waals surface area contributed by atoms with Gasteiger partial charge in [-0.3, -0.25) is 14.5 Å². The van der Waals surface area contributed by atoms with Gasteiger partial charge >= 0.3 is 51.9 Å². The molecule has 13 heteroatoms. The third-order valence-corrected chi connectivity index (χ3v) is 13.1. The van der Waals surface area contributed by atoms with E-state index in [9.17, 15) is 24.9 Å². The van der Waals surface area contributed by atoms with Gasteiger partial charge in [-0.1, -0.05) is 31.7 Å². The van der Waals surface area contributed by atoms with Gasteiger partial charge in [-0.25, -0.2) is 0 Å². The van der Waals surface area contributed by atoms with Crippen LogP contribution in [0.25, 0.3) is 0 Å². The number of nitrogens with zero attached hydrogens (tertiary/aromatic N) is 2. The van der Waals surface area contributed by atoms with Crippen LogP contribution in [0.3, 0.4) is 0 Å². The smallest absolute Gasteiger partial charge is 0.412 e. The molecule has 5 N–H and O–H groups in total. The molecule has 8 aliphatic rings. The summed E-state index contributed by atoms with van der Waals surface area (Å²) in [6.07, 6.45) is 3.82. The zero-order valence-corrected chi connectivity index (χ0v) is 34.3. The average molecular weight is 1030 g/mol. The Labute approximate surface area is 324 Å². The van der Waals surface area contributed by atoms with Crippen molar-refractivity contribution in [3.8, 4) is 11.5 Å². The first-order valence-corrected chi connectivity index (χ1v) is 29.1. The fourth-order valence-corrected chi connectivity index (χ4v) is 11.0. The van der Waals surface area contributed by atoms with Crippen molar-refractivity contribution >= 4 is 48.8 Å². The molecule has 2 saturated heterocycles. The summed E-state index contributed by atoms with van der Waals surface area (Å²) in [6, 6.07) is 8.16. The number of aliphatic hydroxyl groups is 3. The van der Waals surface area contributed by atoms with Crippen molar-refractivity contribution in [3.63, 3.8) is 0 Å². The molecule has 4 aliphatic carbocycles. The van der Waals surface area contributed by atoms with E-state index in [0.717, 1.165) is 65.2 Å². The van der Waals surface area contributed by atoms with E-state index in [-0.39, 0.29) is 44.4 Å². The minimum Gasteiger partial charge on any atom is -0.412 e. The molecule has 9 atom stereocenters. The summed E-state index contributed by atoms with van der Waals surface area (Å²) < 4.78 is 12.3. The number of ether oxygens (including phenoxy) is 2. The number of halogens is 3. The number of aryl methyl sites for hydroxylation is 2. The van der Waals surface area contributed by atoms with Gasteiger partial charge in [0.25, 0.3) is 0 Å². The summed E-state index contributed by atoms with van der Waals surface area (Å²) in [5.41, 5.74) is 2.75. The maximum Gasteiger partial charge on any atom is 1.00 e. The predicted octanol–water partition coefficient (Wildman–Crippen LogP) is 0.142. The first kappa shape index (κ1) is 38.8. The normalized spacial score (nSPS) is 38.9. The number of hydrogen-bond donors (Lipinski definition) is 3. The molecule has 2 aromatic carbocycles. The molecule has 4 bridgehead atoms. The molecule has 10 nitrogen and oxygen atoms in total. The fraction of sp³-hybridized carbons (Fsp3) is 0.568. The first-order chi connectivity index (χ1) is 22.8. The Bertz CT molecular complexity index is 1800. The van der Waals surface area contributed by atoms with Crippen molar-refractivity contribution in [1.29, 1.82) is 0 Å². The molecular formula is C37H47I3N2O8. The monoisotopic (exact) mass is 1030 g/mol. The van der Waals surface area contributed by atoms with Crippen LogP contribution in [0, 0.1) is 13.8 Å². The Morgan fingerprint density at radius 1 is 0.840 bits per heavy atom. The van der Waals surface area contributed by atoms with E-state index in [1.165, 1.54) is 11.6 Å². The molecule has 3 fully saturated rings. The number of carbonyl (C=O) groups excluding carboxylic acids is 2. The van der Waals surface area contributed by atoms with Crippen molar-refractivity contribution in [2.45, 2.75) is 106 Å². The van der Waals surface area contributed by atoms with Crippen molar-refractivity contribution < 1.29 is 54.5 Å². The zero-order valence-electron chi connectivity index (χ0n) is 28.8. The molecule has 4 aliphatic heterocycles. The van der Waals surface area contributed by atoms with Gasteiger partial charge in [0.2, 0.25) is 0 Å². The van der Waals surface area contributed by atoms with Gasteiger partial charge in [0, 0.05) is 29.6 Å². The molecule has 0 aromatic heterocycles. The molecule has 2 aromatic rings. The van der Waals surface area contributed by atoms with E-state index in [1.54, 1.807) is 6.08 Å². The second-order valence-electron chi connectivity index (χ2n) is 15.0. The SMILES string of the molecule is C.Cc1ccc2c3c1O[C@H]1C(=O)C=C[C@@]4(O)[C@@H](C2)N(C)CC[C@]314.Cc1ccc2c3c1O[C@H]1C(=O)CC(O)[C@@]4(O)[C@@H](C2)N(C)CC[C@]314.I[I-]I.O.[H+]. The predicted molar refractivity (Wildman–Crippen MR) is 203 cm³/mol. The fourth-order valence-electron chi connectivity index (χ4n) is 11.0. The molecule has 0 radical (unpaired) electrons. The number of likely N-dealkylation sites (tertiary alicyclic amines) is 2. The molecular weight excluding hydrogens is 981 g/mol. The Balaban J connectivity index is 0.000000174. The molecule has 1 unspecified atom stereocenters. The zero-order chi connectivity index (χ0) is 34.1. The quantitative estimate of drug-likeness (QED) is 0.314. The van der Waals surface area contributed by atoms with Gasteiger partial charge in [-0.05, 0) is 101 Å². The van der Waals surface area contributed by atoms with E-state index >= 15 is 0 Å². The number of Topliss-reactive ketones (excluding diaryl/α,β-unsaturated/α-hetero) is 1. The number of aliphatic hydroxyl groups excluding tert-OH is 1. The van der Waals surface area contributed by atoms with Crippen LogP contribution < -0.4 is 22.7 Å². The Hall–Kier alpha value is -0.930. The van der Waals surface area contributed by atoms with Gasteiger partial charge in [-0.15, -0.1) is 0 Å². The number of hydrogen-bond acceptors (Lipinski definition) is 9. The van der Waals surface area contributed by atoms with Crippen LogP contribution in [0.4, 0.5) is 0 Å². The number of likely N-dealkylation sites (N-methyl/N-ethyl adjacent to an activating group) is 2. The summed E-state index contributed by atoms with van der Waals surface area (Å²) in [4.78, 5) is 29.5. The minimum absolute atomic E-state index is 0. The average Bonchev–Trinajstić information content (AvgIpc) is 3.60. The first-order valence-electron chi connectivity index (χ1n) is 16.6. The van der Waals surface area contributed by atoms with E-state index in [2.05, 4.69) is 72.3 Å². The van der Waals surface area contributed by atoms with Crippen molar-refractivity contribution in [2.24, 2.45) is 0 Å². The number of ketones is 2. The number of piperidine rings is 2. The summed E-state index contributed by atoms with van der Waals surface area (Å²) >= 11 is 5.30. The molecule has 1 saturated carbocycles. The van der Waals surface area contributed by atoms with Crippen molar-refractivity contribution in [1.82, 2.24) is 9.80 Å². The van der Waals surface area contributed by atoms with Crippen molar-refractivity contribution in [2.75, 3.05) is 27.2 Å². The maximum absolute atomic E-state index is 12.7. The Morgan fingerprint density at radius 3 is 1.94 bits per heavy atom. The van der Waals surface area contributed by atoms with E-state index in [4.69, 9.17) is 9.47 Å². The topological polar surface area (TPSA) is 151 Å². The van der Waals surface area contributed by atoms with Gasteiger partial charge < -0.3 is 35.2 Å². The summed E-state index contributed by atoms with van der Waals surface area (Å²) in [5, 5.41) is 34.1.